The third-order valence-corrected chi connectivity index (χ3v) is 5.05. The van der Waals surface area contributed by atoms with E-state index in [4.69, 9.17) is 4.74 Å². The quantitative estimate of drug-likeness (QED) is 0.581. The molecule has 7 nitrogen and oxygen atoms in total. The summed E-state index contributed by atoms with van der Waals surface area (Å²) in [5.74, 6) is -0.480. The van der Waals surface area contributed by atoms with E-state index in [-0.39, 0.29) is 17.9 Å². The van der Waals surface area contributed by atoms with Crippen molar-refractivity contribution >= 4 is 17.9 Å². The summed E-state index contributed by atoms with van der Waals surface area (Å²) < 4.78 is 5.29. The van der Waals surface area contributed by atoms with Gasteiger partial charge in [0.25, 0.3) is 0 Å². The Morgan fingerprint density at radius 1 is 1.16 bits per heavy atom. The van der Waals surface area contributed by atoms with Crippen molar-refractivity contribution in [2.45, 2.75) is 91.0 Å². The van der Waals surface area contributed by atoms with Gasteiger partial charge in [0.1, 0.15) is 17.7 Å². The molecule has 172 valence electrons. The van der Waals surface area contributed by atoms with Gasteiger partial charge in [-0.2, -0.15) is 0 Å². The summed E-state index contributed by atoms with van der Waals surface area (Å²) in [6.07, 6.45) is 2.88. The van der Waals surface area contributed by atoms with Crippen LogP contribution in [0.15, 0.2) is 24.3 Å². The van der Waals surface area contributed by atoms with Crippen LogP contribution in [0.2, 0.25) is 0 Å². The van der Waals surface area contributed by atoms with Gasteiger partial charge in [0.15, 0.2) is 0 Å². The van der Waals surface area contributed by atoms with Crippen LogP contribution in [0.4, 0.5) is 4.79 Å². The van der Waals surface area contributed by atoms with E-state index in [1.807, 2.05) is 31.2 Å². The van der Waals surface area contributed by atoms with Gasteiger partial charge in [-0.3, -0.25) is 9.59 Å². The maximum atomic E-state index is 13.4. The number of rotatable bonds is 9. The number of carbonyl (C=O) groups excluding carboxylic acids is 3. The Labute approximate surface area is 185 Å². The van der Waals surface area contributed by atoms with Gasteiger partial charge in [-0.1, -0.05) is 43.2 Å². The van der Waals surface area contributed by atoms with Crippen molar-refractivity contribution in [1.29, 1.82) is 0 Å². The molecule has 2 N–H and O–H groups in total. The Morgan fingerprint density at radius 2 is 1.77 bits per heavy atom. The van der Waals surface area contributed by atoms with E-state index >= 15 is 0 Å². The normalized spacial score (nSPS) is 15.5. The molecular formula is C24H37N3O4. The van der Waals surface area contributed by atoms with Crippen molar-refractivity contribution in [3.63, 3.8) is 0 Å². The third kappa shape index (κ3) is 7.56. The Bertz CT molecular complexity index is 766. The molecule has 31 heavy (non-hydrogen) atoms. The van der Waals surface area contributed by atoms with Crippen LogP contribution in [0.1, 0.15) is 77.5 Å². The zero-order valence-electron chi connectivity index (χ0n) is 19.7. The molecule has 1 saturated carbocycles. The highest BCUT2D eigenvalue weighted by atomic mass is 16.6. The molecular weight excluding hydrogens is 394 g/mol. The molecule has 1 aromatic carbocycles. The van der Waals surface area contributed by atoms with Crippen LogP contribution in [0.3, 0.4) is 0 Å². The number of nitrogens with zero attached hydrogens (tertiary/aromatic N) is 1. The second-order valence-electron chi connectivity index (χ2n) is 9.30. The Hall–Kier alpha value is -2.57. The van der Waals surface area contributed by atoms with Gasteiger partial charge < -0.3 is 20.3 Å². The summed E-state index contributed by atoms with van der Waals surface area (Å²) in [4.78, 5) is 40.4. The summed E-state index contributed by atoms with van der Waals surface area (Å²) in [7, 11) is 0. The molecule has 2 rings (SSSR count). The molecule has 1 fully saturated rings. The molecule has 3 amide bonds. The van der Waals surface area contributed by atoms with E-state index < -0.39 is 23.8 Å². The van der Waals surface area contributed by atoms with Gasteiger partial charge in [0, 0.05) is 12.6 Å². The molecule has 0 spiro atoms. The number of ether oxygens (including phenoxy) is 1. The number of hydrogen-bond donors (Lipinski definition) is 2. The number of benzene rings is 1. The number of aryl methyl sites for hydroxylation is 1. The average Bonchev–Trinajstić information content (AvgIpc) is 3.50. The Morgan fingerprint density at radius 3 is 2.29 bits per heavy atom. The molecule has 1 aliphatic carbocycles. The molecule has 1 aliphatic rings. The van der Waals surface area contributed by atoms with Crippen LogP contribution in [-0.4, -0.2) is 47.0 Å². The zero-order chi connectivity index (χ0) is 23.2. The summed E-state index contributed by atoms with van der Waals surface area (Å²) >= 11 is 0. The van der Waals surface area contributed by atoms with E-state index in [9.17, 15) is 14.4 Å². The van der Waals surface area contributed by atoms with Crippen LogP contribution in [0.25, 0.3) is 0 Å². The first-order chi connectivity index (χ1) is 14.5. The number of amides is 3. The van der Waals surface area contributed by atoms with E-state index in [1.165, 1.54) is 0 Å². The lowest BCUT2D eigenvalue weighted by Gasteiger charge is -2.34. The summed E-state index contributed by atoms with van der Waals surface area (Å²) in [5, 5.41) is 5.60. The lowest BCUT2D eigenvalue weighted by molar-refractivity contribution is -0.142. The van der Waals surface area contributed by atoms with E-state index in [0.29, 0.717) is 6.54 Å². The third-order valence-electron chi connectivity index (χ3n) is 5.05. The van der Waals surface area contributed by atoms with Gasteiger partial charge in [0.2, 0.25) is 11.8 Å². The predicted molar refractivity (Wildman–Crippen MR) is 121 cm³/mol. The standard InChI is InChI=1S/C24H37N3O4/c1-7-8-15-25-21(28)20(18-11-9-16(2)10-12-18)27(19-13-14-19)22(29)17(3)26-23(30)31-24(4,5)6/h9-12,17,19-20H,7-8,13-15H2,1-6H3,(H,25,28)(H,26,30). The molecule has 0 aromatic heterocycles. The fraction of sp³-hybridized carbons (Fsp3) is 0.625. The highest BCUT2D eigenvalue weighted by Crippen LogP contribution is 2.35. The molecule has 2 unspecified atom stereocenters. The van der Waals surface area contributed by atoms with Gasteiger partial charge in [0.05, 0.1) is 0 Å². The molecule has 0 saturated heterocycles. The van der Waals surface area contributed by atoms with Gasteiger partial charge >= 0.3 is 6.09 Å². The summed E-state index contributed by atoms with van der Waals surface area (Å²) in [6, 6.07) is 6.12. The van der Waals surface area contributed by atoms with Crippen LogP contribution < -0.4 is 10.6 Å². The SMILES string of the molecule is CCCCNC(=O)C(c1ccc(C)cc1)N(C(=O)C(C)NC(=O)OC(C)(C)C)C1CC1. The fourth-order valence-corrected chi connectivity index (χ4v) is 3.31. The first-order valence-corrected chi connectivity index (χ1v) is 11.2. The van der Waals surface area contributed by atoms with Crippen molar-refractivity contribution in [2.75, 3.05) is 6.54 Å². The number of alkyl carbamates (subject to hydrolysis) is 1. The molecule has 7 heteroatoms. The average molecular weight is 432 g/mol. The topological polar surface area (TPSA) is 87.7 Å². The lowest BCUT2D eigenvalue weighted by Crippen LogP contribution is -2.52. The largest absolute Gasteiger partial charge is 0.444 e. The number of hydrogen-bond acceptors (Lipinski definition) is 4. The van der Waals surface area contributed by atoms with Gasteiger partial charge in [-0.25, -0.2) is 4.79 Å². The van der Waals surface area contributed by atoms with Crippen molar-refractivity contribution in [2.24, 2.45) is 0 Å². The van der Waals surface area contributed by atoms with Crippen molar-refractivity contribution in [3.05, 3.63) is 35.4 Å². The van der Waals surface area contributed by atoms with Crippen LogP contribution in [0, 0.1) is 6.92 Å². The van der Waals surface area contributed by atoms with E-state index in [2.05, 4.69) is 17.6 Å². The highest BCUT2D eigenvalue weighted by molar-refractivity contribution is 5.92. The molecule has 0 radical (unpaired) electrons. The second kappa shape index (κ2) is 10.6. The number of carbonyl (C=O) groups is 3. The van der Waals surface area contributed by atoms with Gasteiger partial charge in [-0.15, -0.1) is 0 Å². The maximum Gasteiger partial charge on any atom is 0.408 e. The molecule has 0 bridgehead atoms. The van der Waals surface area contributed by atoms with Crippen molar-refractivity contribution < 1.29 is 19.1 Å². The minimum Gasteiger partial charge on any atom is -0.444 e. The monoisotopic (exact) mass is 431 g/mol. The minimum atomic E-state index is -0.813. The minimum absolute atomic E-state index is 0.0152. The zero-order valence-corrected chi connectivity index (χ0v) is 19.7. The molecule has 0 heterocycles. The Kier molecular flexibility index (Phi) is 8.48. The Balaban J connectivity index is 2.26. The van der Waals surface area contributed by atoms with Crippen molar-refractivity contribution in [1.82, 2.24) is 15.5 Å². The van der Waals surface area contributed by atoms with Crippen LogP contribution in [-0.2, 0) is 14.3 Å². The smallest absolute Gasteiger partial charge is 0.408 e. The number of unbranched alkanes of at least 4 members (excludes halogenated alkanes) is 1. The molecule has 1 aromatic rings. The second-order valence-corrected chi connectivity index (χ2v) is 9.30. The lowest BCUT2D eigenvalue weighted by atomic mass is 10.0. The number of nitrogens with one attached hydrogen (secondary N) is 2. The summed E-state index contributed by atoms with van der Waals surface area (Å²) in [5.41, 5.74) is 1.19. The van der Waals surface area contributed by atoms with E-state index in [0.717, 1.165) is 36.8 Å². The highest BCUT2D eigenvalue weighted by Gasteiger charge is 2.43. The van der Waals surface area contributed by atoms with Crippen LogP contribution >= 0.6 is 0 Å². The summed E-state index contributed by atoms with van der Waals surface area (Å²) in [6.45, 7) is 11.5. The molecule has 0 aliphatic heterocycles. The maximum absolute atomic E-state index is 13.4. The predicted octanol–water partition coefficient (Wildman–Crippen LogP) is 3.86. The first-order valence-electron chi connectivity index (χ1n) is 11.2. The fourth-order valence-electron chi connectivity index (χ4n) is 3.31. The van der Waals surface area contributed by atoms with Crippen molar-refractivity contribution in [3.8, 4) is 0 Å². The first kappa shape index (κ1) is 24.7. The molecule has 2 atom stereocenters. The van der Waals surface area contributed by atoms with Crippen LogP contribution in [0.5, 0.6) is 0 Å². The van der Waals surface area contributed by atoms with Gasteiger partial charge in [-0.05, 0) is 59.4 Å². The van der Waals surface area contributed by atoms with E-state index in [1.54, 1.807) is 32.6 Å².